The number of carboxylic acid groups (broad SMARTS) is 1. The third-order valence-corrected chi connectivity index (χ3v) is 5.34. The minimum Gasteiger partial charge on any atom is -0.481 e. The third-order valence-electron chi connectivity index (χ3n) is 5.34. The molecule has 0 aliphatic carbocycles. The van der Waals surface area contributed by atoms with Gasteiger partial charge in [-0.15, -0.1) is 0 Å². The average molecular weight is 406 g/mol. The van der Waals surface area contributed by atoms with Gasteiger partial charge < -0.3 is 15.1 Å². The highest BCUT2D eigenvalue weighted by molar-refractivity contribution is 5.77. The lowest BCUT2D eigenvalue weighted by Crippen LogP contribution is -2.43. The number of benzene rings is 1. The molecule has 1 aliphatic rings. The second-order valence-corrected chi connectivity index (χ2v) is 7.86. The van der Waals surface area contributed by atoms with E-state index in [0.717, 1.165) is 37.7 Å². The molecule has 1 amide bonds. The largest absolute Gasteiger partial charge is 0.481 e. The van der Waals surface area contributed by atoms with Crippen molar-refractivity contribution < 1.29 is 24.2 Å². The van der Waals surface area contributed by atoms with Gasteiger partial charge in [0.25, 0.3) is 0 Å². The van der Waals surface area contributed by atoms with E-state index in [9.17, 15) is 19.1 Å². The molecule has 5 nitrogen and oxygen atoms in total. The number of carbonyl (C=O) groups is 2. The SMILES string of the molecule is Cc1ccc(F)c(CC(O)/C=C/[C@H]2CCCC(=O)N2CCCCCCC(=O)O)c1. The Hall–Kier alpha value is -2.21. The maximum atomic E-state index is 13.9. The van der Waals surface area contributed by atoms with Gasteiger partial charge in [0.15, 0.2) is 0 Å². The van der Waals surface area contributed by atoms with E-state index in [-0.39, 0.29) is 30.6 Å². The van der Waals surface area contributed by atoms with Crippen LogP contribution in [0.15, 0.2) is 30.4 Å². The maximum absolute atomic E-state index is 13.9. The molecule has 29 heavy (non-hydrogen) atoms. The van der Waals surface area contributed by atoms with Crippen LogP contribution in [0.25, 0.3) is 0 Å². The molecule has 1 saturated heterocycles. The molecule has 0 saturated carbocycles. The van der Waals surface area contributed by atoms with Crippen molar-refractivity contribution in [3.63, 3.8) is 0 Å². The van der Waals surface area contributed by atoms with Crippen LogP contribution in [0.1, 0.15) is 62.5 Å². The maximum Gasteiger partial charge on any atom is 0.303 e. The number of nitrogens with zero attached hydrogens (tertiary/aromatic N) is 1. The Kier molecular flexibility index (Phi) is 9.32. The minimum atomic E-state index is -0.804. The Balaban J connectivity index is 1.86. The zero-order valence-corrected chi connectivity index (χ0v) is 17.1. The fourth-order valence-corrected chi connectivity index (χ4v) is 3.76. The first-order valence-corrected chi connectivity index (χ1v) is 10.5. The molecule has 6 heteroatoms. The number of likely N-dealkylation sites (tertiary alicyclic amines) is 1. The molecule has 2 rings (SSSR count). The van der Waals surface area contributed by atoms with Gasteiger partial charge in [-0.25, -0.2) is 4.39 Å². The third kappa shape index (κ3) is 7.97. The summed E-state index contributed by atoms with van der Waals surface area (Å²) in [5.41, 5.74) is 1.44. The summed E-state index contributed by atoms with van der Waals surface area (Å²) >= 11 is 0. The molecule has 0 bridgehead atoms. The first-order valence-electron chi connectivity index (χ1n) is 10.5. The van der Waals surface area contributed by atoms with Gasteiger partial charge in [0.1, 0.15) is 5.82 Å². The molecule has 1 fully saturated rings. The van der Waals surface area contributed by atoms with E-state index in [2.05, 4.69) is 0 Å². The number of rotatable bonds is 11. The van der Waals surface area contributed by atoms with E-state index in [4.69, 9.17) is 5.11 Å². The Bertz CT molecular complexity index is 719. The topological polar surface area (TPSA) is 77.8 Å². The summed E-state index contributed by atoms with van der Waals surface area (Å²) in [5.74, 6) is -0.971. The molecule has 0 radical (unpaired) electrons. The van der Waals surface area contributed by atoms with Gasteiger partial charge in [-0.3, -0.25) is 9.59 Å². The smallest absolute Gasteiger partial charge is 0.303 e. The molecule has 0 aromatic heterocycles. The summed E-state index contributed by atoms with van der Waals surface area (Å²) in [7, 11) is 0. The molecular weight excluding hydrogens is 373 g/mol. The Morgan fingerprint density at radius 1 is 1.31 bits per heavy atom. The van der Waals surface area contributed by atoms with Gasteiger partial charge >= 0.3 is 5.97 Å². The number of aliphatic hydroxyl groups is 1. The van der Waals surface area contributed by atoms with Gasteiger partial charge in [-0.2, -0.15) is 0 Å². The molecule has 2 N–H and O–H groups in total. The highest BCUT2D eigenvalue weighted by Crippen LogP contribution is 2.21. The van der Waals surface area contributed by atoms with E-state index in [1.807, 2.05) is 17.9 Å². The molecule has 1 aliphatic heterocycles. The van der Waals surface area contributed by atoms with E-state index in [1.54, 1.807) is 18.2 Å². The lowest BCUT2D eigenvalue weighted by Gasteiger charge is -2.34. The molecule has 1 aromatic carbocycles. The zero-order valence-electron chi connectivity index (χ0n) is 17.1. The first-order chi connectivity index (χ1) is 13.9. The molecule has 160 valence electrons. The van der Waals surface area contributed by atoms with Crippen molar-refractivity contribution in [2.24, 2.45) is 0 Å². The van der Waals surface area contributed by atoms with Crippen LogP contribution in [0.4, 0.5) is 4.39 Å². The molecule has 2 atom stereocenters. The van der Waals surface area contributed by atoms with Gasteiger partial charge in [0, 0.05) is 25.8 Å². The van der Waals surface area contributed by atoms with Crippen LogP contribution >= 0.6 is 0 Å². The van der Waals surface area contributed by atoms with Crippen LogP contribution < -0.4 is 0 Å². The molecular formula is C23H32FNO4. The molecule has 1 aromatic rings. The van der Waals surface area contributed by atoms with E-state index in [1.165, 1.54) is 6.07 Å². The predicted octanol–water partition coefficient (Wildman–Crippen LogP) is 4.01. The monoisotopic (exact) mass is 405 g/mol. The molecule has 1 heterocycles. The van der Waals surface area contributed by atoms with Crippen molar-refractivity contribution in [1.82, 2.24) is 4.90 Å². The lowest BCUT2D eigenvalue weighted by atomic mass is 9.98. The number of carbonyl (C=O) groups excluding carboxylic acids is 1. The second-order valence-electron chi connectivity index (χ2n) is 7.86. The number of unbranched alkanes of at least 4 members (excludes halogenated alkanes) is 3. The van der Waals surface area contributed by atoms with Gasteiger partial charge in [-0.05, 0) is 44.2 Å². The molecule has 0 spiro atoms. The lowest BCUT2D eigenvalue weighted by molar-refractivity contribution is -0.137. The van der Waals surface area contributed by atoms with E-state index < -0.39 is 12.1 Å². The number of carboxylic acids is 1. The number of aryl methyl sites for hydroxylation is 1. The van der Waals surface area contributed by atoms with Crippen LogP contribution in [-0.2, 0) is 16.0 Å². The number of amides is 1. The summed E-state index contributed by atoms with van der Waals surface area (Å²) < 4.78 is 13.9. The highest BCUT2D eigenvalue weighted by Gasteiger charge is 2.25. The minimum absolute atomic E-state index is 0.0488. The molecule has 1 unspecified atom stereocenters. The number of aliphatic carboxylic acids is 1. The van der Waals surface area contributed by atoms with Crippen molar-refractivity contribution in [3.8, 4) is 0 Å². The normalized spacial score (nSPS) is 18.4. The summed E-state index contributed by atoms with van der Waals surface area (Å²) in [6, 6.07) is 4.81. The Morgan fingerprint density at radius 3 is 2.83 bits per heavy atom. The summed E-state index contributed by atoms with van der Waals surface area (Å²) in [4.78, 5) is 24.7. The van der Waals surface area contributed by atoms with E-state index >= 15 is 0 Å². The van der Waals surface area contributed by atoms with Crippen molar-refractivity contribution in [2.45, 2.75) is 76.9 Å². The van der Waals surface area contributed by atoms with Crippen LogP contribution in [0, 0.1) is 12.7 Å². The van der Waals surface area contributed by atoms with Crippen LogP contribution in [0.5, 0.6) is 0 Å². The van der Waals surface area contributed by atoms with Crippen LogP contribution in [0.3, 0.4) is 0 Å². The zero-order chi connectivity index (χ0) is 21.2. The fraction of sp³-hybridized carbons (Fsp3) is 0.565. The van der Waals surface area contributed by atoms with Crippen LogP contribution in [0.2, 0.25) is 0 Å². The van der Waals surface area contributed by atoms with Crippen molar-refractivity contribution >= 4 is 11.9 Å². The van der Waals surface area contributed by atoms with Crippen molar-refractivity contribution in [3.05, 3.63) is 47.3 Å². The van der Waals surface area contributed by atoms with Gasteiger partial charge in [0.2, 0.25) is 5.91 Å². The number of hydrogen-bond donors (Lipinski definition) is 2. The fourth-order valence-electron chi connectivity index (χ4n) is 3.76. The van der Waals surface area contributed by atoms with Gasteiger partial charge in [-0.1, -0.05) is 42.7 Å². The van der Waals surface area contributed by atoms with Crippen LogP contribution in [-0.4, -0.2) is 45.7 Å². The summed E-state index contributed by atoms with van der Waals surface area (Å²) in [5, 5.41) is 19.0. The summed E-state index contributed by atoms with van der Waals surface area (Å²) in [6.07, 6.45) is 8.59. The number of hydrogen-bond acceptors (Lipinski definition) is 3. The highest BCUT2D eigenvalue weighted by atomic mass is 19.1. The second kappa shape index (κ2) is 11.7. The Labute approximate surface area is 172 Å². The number of halogens is 1. The first kappa shape index (κ1) is 23.1. The van der Waals surface area contributed by atoms with Gasteiger partial charge in [0.05, 0.1) is 12.1 Å². The standard InChI is InChI=1S/C23H32FNO4/c1-17-10-13-21(24)18(15-17)16-20(26)12-11-19-7-6-8-22(27)25(19)14-5-3-2-4-9-23(28)29/h10-13,15,19-20,26H,2-9,14,16H2,1H3,(H,28,29)/b12-11+/t19-,20?/m1/s1. The number of piperidine rings is 1. The number of aliphatic hydroxyl groups excluding tert-OH is 1. The van der Waals surface area contributed by atoms with Crippen molar-refractivity contribution in [1.29, 1.82) is 0 Å². The average Bonchev–Trinajstić information content (AvgIpc) is 2.67. The summed E-state index contributed by atoms with van der Waals surface area (Å²) in [6.45, 7) is 2.53. The van der Waals surface area contributed by atoms with E-state index in [0.29, 0.717) is 24.9 Å². The van der Waals surface area contributed by atoms with Crippen molar-refractivity contribution in [2.75, 3.05) is 6.54 Å². The quantitative estimate of drug-likeness (QED) is 0.431. The predicted molar refractivity (Wildman–Crippen MR) is 110 cm³/mol. The Morgan fingerprint density at radius 2 is 2.07 bits per heavy atom.